The van der Waals surface area contributed by atoms with Crippen molar-refractivity contribution in [1.82, 2.24) is 4.31 Å². The van der Waals surface area contributed by atoms with Crippen LogP contribution in [0.25, 0.3) is 0 Å². The molecule has 0 aromatic heterocycles. The molecule has 1 atom stereocenters. The molecular weight excluding hydrogens is 170 g/mol. The molecule has 5 nitrogen and oxygen atoms in total. The highest BCUT2D eigenvalue weighted by molar-refractivity contribution is 7.97. The van der Waals surface area contributed by atoms with Crippen LogP contribution in [0.3, 0.4) is 0 Å². The van der Waals surface area contributed by atoms with Crippen molar-refractivity contribution >= 4 is 24.0 Å². The van der Waals surface area contributed by atoms with Crippen LogP contribution in [0.1, 0.15) is 0 Å². The minimum absolute atomic E-state index is 0.0926. The molecule has 0 aliphatic carbocycles. The molecular formula is C5H7NO4S. The minimum Gasteiger partial charge on any atom is -0.481 e. The van der Waals surface area contributed by atoms with Crippen molar-refractivity contribution in [3.8, 4) is 0 Å². The average molecular weight is 177 g/mol. The molecule has 1 unspecified atom stereocenters. The fraction of sp³-hybridized carbons (Fsp3) is 0.600. The Morgan fingerprint density at radius 1 is 1.45 bits per heavy atom. The van der Waals surface area contributed by atoms with Gasteiger partial charge in [-0.25, -0.2) is 4.79 Å². The van der Waals surface area contributed by atoms with Crippen LogP contribution in [0.2, 0.25) is 0 Å². The normalized spacial score (nSPS) is 23.6. The van der Waals surface area contributed by atoms with E-state index >= 15 is 0 Å². The first kappa shape index (κ1) is 8.19. The Morgan fingerprint density at radius 2 is 2.09 bits per heavy atom. The van der Waals surface area contributed by atoms with Crippen LogP contribution in [0.4, 0.5) is 4.79 Å². The molecule has 1 aliphatic heterocycles. The van der Waals surface area contributed by atoms with E-state index in [0.29, 0.717) is 5.75 Å². The number of nitrogens with zero attached hydrogens (tertiary/aromatic N) is 1. The summed E-state index contributed by atoms with van der Waals surface area (Å²) in [5.41, 5.74) is 0. The second kappa shape index (κ2) is 3.00. The van der Waals surface area contributed by atoms with Gasteiger partial charge in [0.05, 0.1) is 5.92 Å². The summed E-state index contributed by atoms with van der Waals surface area (Å²) in [4.78, 5) is 20.6. The van der Waals surface area contributed by atoms with E-state index < -0.39 is 18.0 Å². The summed E-state index contributed by atoms with van der Waals surface area (Å²) in [5.74, 6) is -1.13. The average Bonchev–Trinajstić information content (AvgIpc) is 2.33. The first-order valence-corrected chi connectivity index (χ1v) is 3.91. The standard InChI is InChI=1S/C5H7NO4S/c7-4(8)3-1-6(5(9)10)11-2-3/h3H,1-2H2,(H,7,8)(H,9,10). The molecule has 6 heteroatoms. The third kappa shape index (κ3) is 1.76. The van der Waals surface area contributed by atoms with Gasteiger partial charge in [-0.2, -0.15) is 0 Å². The smallest absolute Gasteiger partial charge is 0.417 e. The molecule has 0 aromatic carbocycles. The van der Waals surface area contributed by atoms with E-state index in [0.717, 1.165) is 16.3 Å². The molecule has 1 rings (SSSR count). The monoisotopic (exact) mass is 177 g/mol. The summed E-state index contributed by atoms with van der Waals surface area (Å²) in [7, 11) is 0. The van der Waals surface area contributed by atoms with E-state index in [-0.39, 0.29) is 6.54 Å². The fourth-order valence-corrected chi connectivity index (χ4v) is 1.77. The Labute approximate surface area is 67.1 Å². The largest absolute Gasteiger partial charge is 0.481 e. The van der Waals surface area contributed by atoms with Gasteiger partial charge in [-0.15, -0.1) is 0 Å². The third-order valence-corrected chi connectivity index (χ3v) is 2.55. The lowest BCUT2D eigenvalue weighted by Crippen LogP contribution is -2.24. The zero-order valence-corrected chi connectivity index (χ0v) is 6.37. The zero-order chi connectivity index (χ0) is 8.43. The van der Waals surface area contributed by atoms with Crippen molar-refractivity contribution < 1.29 is 19.8 Å². The van der Waals surface area contributed by atoms with Crippen molar-refractivity contribution in [3.63, 3.8) is 0 Å². The lowest BCUT2D eigenvalue weighted by molar-refractivity contribution is -0.140. The molecule has 1 heterocycles. The molecule has 2 N–H and O–H groups in total. The number of aliphatic carboxylic acids is 1. The Balaban J connectivity index is 2.47. The molecule has 0 saturated carbocycles. The van der Waals surface area contributed by atoms with E-state index in [2.05, 4.69) is 0 Å². The van der Waals surface area contributed by atoms with Gasteiger partial charge in [-0.05, 0) is 11.9 Å². The van der Waals surface area contributed by atoms with Crippen LogP contribution in [0.5, 0.6) is 0 Å². The summed E-state index contributed by atoms with van der Waals surface area (Å²) in [6.45, 7) is 0.0926. The van der Waals surface area contributed by atoms with Crippen LogP contribution in [0.15, 0.2) is 0 Å². The first-order valence-electron chi connectivity index (χ1n) is 2.97. The number of rotatable bonds is 1. The summed E-state index contributed by atoms with van der Waals surface area (Å²) >= 11 is 1.04. The van der Waals surface area contributed by atoms with Crippen molar-refractivity contribution in [2.24, 2.45) is 5.92 Å². The van der Waals surface area contributed by atoms with Crippen molar-refractivity contribution in [3.05, 3.63) is 0 Å². The molecule has 1 aliphatic rings. The Kier molecular flexibility index (Phi) is 2.23. The maximum absolute atomic E-state index is 10.3. The van der Waals surface area contributed by atoms with Crippen LogP contribution in [-0.2, 0) is 4.79 Å². The van der Waals surface area contributed by atoms with Gasteiger partial charge in [0, 0.05) is 12.3 Å². The van der Waals surface area contributed by atoms with Gasteiger partial charge in [-0.1, -0.05) is 0 Å². The maximum atomic E-state index is 10.3. The third-order valence-electron chi connectivity index (χ3n) is 1.38. The van der Waals surface area contributed by atoms with E-state index in [1.807, 2.05) is 0 Å². The van der Waals surface area contributed by atoms with Gasteiger partial charge in [0.1, 0.15) is 0 Å². The summed E-state index contributed by atoms with van der Waals surface area (Å²) in [6, 6.07) is 0. The highest BCUT2D eigenvalue weighted by atomic mass is 32.2. The van der Waals surface area contributed by atoms with Gasteiger partial charge in [0.25, 0.3) is 0 Å². The highest BCUT2D eigenvalue weighted by Crippen LogP contribution is 2.24. The Hall–Kier alpha value is -0.910. The van der Waals surface area contributed by atoms with Crippen LogP contribution < -0.4 is 0 Å². The van der Waals surface area contributed by atoms with Crippen LogP contribution in [0, 0.1) is 5.92 Å². The predicted octanol–water partition coefficient (Wildman–Crippen LogP) is 0.329. The first-order chi connectivity index (χ1) is 5.11. The number of hydrogen-bond donors (Lipinski definition) is 2. The van der Waals surface area contributed by atoms with Gasteiger partial charge in [0.15, 0.2) is 0 Å². The number of hydrogen-bond acceptors (Lipinski definition) is 3. The Morgan fingerprint density at radius 3 is 2.36 bits per heavy atom. The number of carboxylic acids is 1. The SMILES string of the molecule is O=C(O)C1CSN(C(=O)O)C1. The van der Waals surface area contributed by atoms with Crippen molar-refractivity contribution in [1.29, 1.82) is 0 Å². The quantitative estimate of drug-likeness (QED) is 0.564. The van der Waals surface area contributed by atoms with Gasteiger partial charge >= 0.3 is 12.1 Å². The summed E-state index contributed by atoms with van der Waals surface area (Å²) in [5, 5.41) is 16.9. The Bertz CT molecular complexity index is 175. The van der Waals surface area contributed by atoms with E-state index in [1.54, 1.807) is 0 Å². The number of carboxylic acid groups (broad SMARTS) is 2. The highest BCUT2D eigenvalue weighted by Gasteiger charge is 2.31. The van der Waals surface area contributed by atoms with Crippen LogP contribution in [-0.4, -0.2) is 38.9 Å². The molecule has 62 valence electrons. The second-order valence-electron chi connectivity index (χ2n) is 2.17. The molecule has 1 fully saturated rings. The molecule has 0 spiro atoms. The van der Waals surface area contributed by atoms with Gasteiger partial charge in [0.2, 0.25) is 0 Å². The minimum atomic E-state index is -1.07. The second-order valence-corrected chi connectivity index (χ2v) is 3.21. The van der Waals surface area contributed by atoms with Crippen LogP contribution >= 0.6 is 11.9 Å². The van der Waals surface area contributed by atoms with E-state index in [9.17, 15) is 9.59 Å². The maximum Gasteiger partial charge on any atom is 0.417 e. The van der Waals surface area contributed by atoms with E-state index in [4.69, 9.17) is 10.2 Å². The number of carbonyl (C=O) groups is 2. The molecule has 1 amide bonds. The predicted molar refractivity (Wildman–Crippen MR) is 38.3 cm³/mol. The molecule has 0 bridgehead atoms. The van der Waals surface area contributed by atoms with Crippen molar-refractivity contribution in [2.75, 3.05) is 12.3 Å². The lowest BCUT2D eigenvalue weighted by Gasteiger charge is -2.07. The van der Waals surface area contributed by atoms with E-state index in [1.165, 1.54) is 0 Å². The van der Waals surface area contributed by atoms with Gasteiger partial charge in [-0.3, -0.25) is 9.10 Å². The molecule has 0 aromatic rings. The fourth-order valence-electron chi connectivity index (χ4n) is 0.768. The molecule has 0 radical (unpaired) electrons. The summed E-state index contributed by atoms with van der Waals surface area (Å²) < 4.78 is 1.04. The van der Waals surface area contributed by atoms with Gasteiger partial charge < -0.3 is 10.2 Å². The topological polar surface area (TPSA) is 77.8 Å². The molecule has 11 heavy (non-hydrogen) atoms. The lowest BCUT2D eigenvalue weighted by atomic mass is 10.2. The number of amides is 1. The molecule has 1 saturated heterocycles. The van der Waals surface area contributed by atoms with Crippen molar-refractivity contribution in [2.45, 2.75) is 0 Å². The zero-order valence-electron chi connectivity index (χ0n) is 5.56. The summed E-state index contributed by atoms with van der Waals surface area (Å²) in [6.07, 6.45) is -1.07.